The molecule has 39 heavy (non-hydrogen) atoms. The van der Waals surface area contributed by atoms with Crippen LogP contribution in [-0.2, 0) is 35.1 Å². The summed E-state index contributed by atoms with van der Waals surface area (Å²) < 4.78 is 21.6. The van der Waals surface area contributed by atoms with Crippen LogP contribution in [0.15, 0.2) is 18.2 Å². The molecule has 1 atom stereocenters. The highest BCUT2D eigenvalue weighted by Gasteiger charge is 2.37. The third-order valence-electron chi connectivity index (χ3n) is 6.88. The van der Waals surface area contributed by atoms with E-state index in [1.54, 1.807) is 33.8 Å². The van der Waals surface area contributed by atoms with Crippen molar-refractivity contribution in [2.24, 2.45) is 22.0 Å². The van der Waals surface area contributed by atoms with E-state index in [0.29, 0.717) is 18.4 Å². The molecule has 0 radical (unpaired) electrons. The maximum Gasteiger partial charge on any atom is 0.326 e. The Kier molecular flexibility index (Phi) is 11.7. The van der Waals surface area contributed by atoms with Crippen molar-refractivity contribution in [3.8, 4) is 11.5 Å². The molecule has 2 N–H and O–H groups in total. The van der Waals surface area contributed by atoms with Gasteiger partial charge in [0.1, 0.15) is 5.54 Å². The third-order valence-corrected chi connectivity index (χ3v) is 6.88. The van der Waals surface area contributed by atoms with Crippen molar-refractivity contribution in [2.45, 2.75) is 100.0 Å². The van der Waals surface area contributed by atoms with Crippen LogP contribution in [0.5, 0.6) is 11.5 Å². The summed E-state index contributed by atoms with van der Waals surface area (Å²) in [5.41, 5.74) is 3.73. The first-order chi connectivity index (χ1) is 17.8. The van der Waals surface area contributed by atoms with E-state index >= 15 is 0 Å². The van der Waals surface area contributed by atoms with Crippen LogP contribution in [0.2, 0.25) is 0 Å². The zero-order chi connectivity index (χ0) is 30.2. The predicted octanol–water partition coefficient (Wildman–Crippen LogP) is 5.15. The highest BCUT2D eigenvalue weighted by atomic mass is 16.6. The van der Waals surface area contributed by atoms with Gasteiger partial charge in [-0.15, -0.1) is 0 Å². The molecule has 0 aliphatic carbocycles. The molecule has 0 aliphatic heterocycles. The van der Waals surface area contributed by atoms with E-state index in [1.165, 1.54) is 19.2 Å². The van der Waals surface area contributed by atoms with Gasteiger partial charge in [0.2, 0.25) is 0 Å². The molecule has 0 spiro atoms. The maximum atomic E-state index is 12.9. The van der Waals surface area contributed by atoms with Crippen LogP contribution < -0.4 is 15.2 Å². The Morgan fingerprint density at radius 1 is 0.795 bits per heavy atom. The SMILES string of the molecule is CCC(C)(C)C(=O)Oc1ccc(C[C@](N)(CCOC(=O)CC(C)(C)C)C(=O)OC)cc1OC(=O)C(C)(C)CC. The Labute approximate surface area is 233 Å². The van der Waals surface area contributed by atoms with E-state index in [2.05, 4.69) is 0 Å². The molecule has 0 heterocycles. The second kappa shape index (κ2) is 13.4. The van der Waals surface area contributed by atoms with Gasteiger partial charge in [-0.1, -0.05) is 40.7 Å². The lowest BCUT2D eigenvalue weighted by molar-refractivity contribution is -0.152. The highest BCUT2D eigenvalue weighted by molar-refractivity contribution is 5.82. The Hall–Kier alpha value is -2.94. The van der Waals surface area contributed by atoms with Crippen molar-refractivity contribution in [1.29, 1.82) is 0 Å². The maximum absolute atomic E-state index is 12.9. The van der Waals surface area contributed by atoms with Crippen molar-refractivity contribution >= 4 is 23.9 Å². The minimum absolute atomic E-state index is 0.00705. The van der Waals surface area contributed by atoms with E-state index in [4.69, 9.17) is 24.7 Å². The molecule has 1 aromatic rings. The molecule has 0 amide bonds. The van der Waals surface area contributed by atoms with Gasteiger partial charge in [-0.3, -0.25) is 19.2 Å². The number of esters is 4. The quantitative estimate of drug-likeness (QED) is 0.262. The molecule has 0 saturated carbocycles. The number of methoxy groups -OCH3 is 1. The molecule has 0 aromatic heterocycles. The highest BCUT2D eigenvalue weighted by Crippen LogP contribution is 2.35. The number of rotatable bonds is 13. The van der Waals surface area contributed by atoms with Crippen molar-refractivity contribution in [3.63, 3.8) is 0 Å². The second-order valence-electron chi connectivity index (χ2n) is 12.6. The first-order valence-corrected chi connectivity index (χ1v) is 13.4. The van der Waals surface area contributed by atoms with Gasteiger partial charge < -0.3 is 24.7 Å². The summed E-state index contributed by atoms with van der Waals surface area (Å²) in [6.45, 7) is 16.5. The Morgan fingerprint density at radius 3 is 1.77 bits per heavy atom. The lowest BCUT2D eigenvalue weighted by atomic mass is 9.88. The molecule has 0 fully saturated rings. The van der Waals surface area contributed by atoms with Gasteiger partial charge >= 0.3 is 23.9 Å². The first-order valence-electron chi connectivity index (χ1n) is 13.4. The molecule has 0 aliphatic rings. The molecular weight excluding hydrogens is 502 g/mol. The number of carbonyl (C=O) groups is 4. The number of hydrogen-bond acceptors (Lipinski definition) is 9. The topological polar surface area (TPSA) is 131 Å². The average Bonchev–Trinajstić information content (AvgIpc) is 2.83. The molecule has 1 rings (SSSR count). The number of carbonyl (C=O) groups excluding carboxylic acids is 4. The van der Waals surface area contributed by atoms with Crippen LogP contribution in [0.1, 0.15) is 93.6 Å². The summed E-state index contributed by atoms with van der Waals surface area (Å²) >= 11 is 0. The Balaban J connectivity index is 3.31. The van der Waals surface area contributed by atoms with Gasteiger partial charge in [0, 0.05) is 12.8 Å². The fourth-order valence-electron chi connectivity index (χ4n) is 3.25. The molecule has 9 nitrogen and oxygen atoms in total. The zero-order valence-electron chi connectivity index (χ0n) is 25.3. The average molecular weight is 550 g/mol. The summed E-state index contributed by atoms with van der Waals surface area (Å²) in [5.74, 6) is -1.90. The third kappa shape index (κ3) is 10.3. The van der Waals surface area contributed by atoms with E-state index < -0.39 is 34.3 Å². The lowest BCUT2D eigenvalue weighted by Gasteiger charge is -2.27. The van der Waals surface area contributed by atoms with Crippen LogP contribution in [0.25, 0.3) is 0 Å². The van der Waals surface area contributed by atoms with Crippen molar-refractivity contribution < 1.29 is 38.1 Å². The van der Waals surface area contributed by atoms with Gasteiger partial charge in [-0.05, 0) is 63.6 Å². The smallest absolute Gasteiger partial charge is 0.326 e. The Bertz CT molecular complexity index is 1040. The molecule has 0 saturated heterocycles. The van der Waals surface area contributed by atoms with Crippen molar-refractivity contribution in [1.82, 2.24) is 0 Å². The molecule has 1 aromatic carbocycles. The minimum Gasteiger partial charge on any atom is -0.468 e. The minimum atomic E-state index is -1.52. The van der Waals surface area contributed by atoms with E-state index in [-0.39, 0.29) is 48.8 Å². The van der Waals surface area contributed by atoms with E-state index in [9.17, 15) is 19.2 Å². The van der Waals surface area contributed by atoms with Gasteiger partial charge in [-0.25, -0.2) is 0 Å². The van der Waals surface area contributed by atoms with Crippen LogP contribution in [0.3, 0.4) is 0 Å². The number of ether oxygens (including phenoxy) is 4. The summed E-state index contributed by atoms with van der Waals surface area (Å²) in [4.78, 5) is 50.5. The van der Waals surface area contributed by atoms with Crippen LogP contribution in [-0.4, -0.2) is 43.1 Å². The predicted molar refractivity (Wildman–Crippen MR) is 148 cm³/mol. The normalized spacial score (nSPS) is 13.7. The summed E-state index contributed by atoms with van der Waals surface area (Å²) in [6, 6.07) is 4.68. The van der Waals surface area contributed by atoms with Crippen LogP contribution in [0, 0.1) is 16.2 Å². The Morgan fingerprint density at radius 2 is 1.31 bits per heavy atom. The first kappa shape index (κ1) is 34.1. The summed E-state index contributed by atoms with van der Waals surface area (Å²) in [7, 11) is 1.23. The summed E-state index contributed by atoms with van der Waals surface area (Å²) in [6.07, 6.45) is 1.31. The molecule has 9 heteroatoms. The van der Waals surface area contributed by atoms with Gasteiger partial charge in [0.15, 0.2) is 11.5 Å². The van der Waals surface area contributed by atoms with Gasteiger partial charge in [-0.2, -0.15) is 0 Å². The summed E-state index contributed by atoms with van der Waals surface area (Å²) in [5, 5.41) is 0. The molecule has 0 bridgehead atoms. The molecule has 220 valence electrons. The molecule has 0 unspecified atom stereocenters. The largest absolute Gasteiger partial charge is 0.468 e. The van der Waals surface area contributed by atoms with Crippen molar-refractivity contribution in [2.75, 3.05) is 13.7 Å². The lowest BCUT2D eigenvalue weighted by Crippen LogP contribution is -2.51. The fraction of sp³-hybridized carbons (Fsp3) is 0.667. The monoisotopic (exact) mass is 549 g/mol. The van der Waals surface area contributed by atoms with Gasteiger partial charge in [0.25, 0.3) is 0 Å². The zero-order valence-corrected chi connectivity index (χ0v) is 25.3. The fourth-order valence-corrected chi connectivity index (χ4v) is 3.25. The van der Waals surface area contributed by atoms with Gasteiger partial charge in [0.05, 0.1) is 31.0 Å². The van der Waals surface area contributed by atoms with Crippen molar-refractivity contribution in [3.05, 3.63) is 23.8 Å². The molecular formula is C30H47NO8. The van der Waals surface area contributed by atoms with E-state index in [1.807, 2.05) is 34.6 Å². The van der Waals surface area contributed by atoms with Crippen LogP contribution >= 0.6 is 0 Å². The standard InChI is InChI=1S/C30H47NO8/c1-11-28(6,7)24(33)38-21-14-13-20(17-22(21)39-25(34)29(8,9)12-2)18-30(31,26(35)36-10)15-16-37-23(32)19-27(3,4)5/h13-14,17H,11-12,15-16,18-19,31H2,1-10H3/t30-/m1/s1. The van der Waals surface area contributed by atoms with Crippen LogP contribution in [0.4, 0.5) is 0 Å². The number of benzene rings is 1. The second-order valence-corrected chi connectivity index (χ2v) is 12.6. The van der Waals surface area contributed by atoms with E-state index in [0.717, 1.165) is 0 Å². The number of hydrogen-bond donors (Lipinski definition) is 1. The number of nitrogens with two attached hydrogens (primary N) is 1.